The molecule has 1 aromatic rings. The summed E-state index contributed by atoms with van der Waals surface area (Å²) < 4.78 is 0. The number of rotatable bonds is 1. The molecule has 2 aliphatic rings. The van der Waals surface area contributed by atoms with Gasteiger partial charge >= 0.3 is 0 Å². The summed E-state index contributed by atoms with van der Waals surface area (Å²) in [5.74, 6) is 0.452. The minimum atomic E-state index is 0.292. The van der Waals surface area contributed by atoms with Crippen LogP contribution in [0.5, 0.6) is 0 Å². The van der Waals surface area contributed by atoms with E-state index < -0.39 is 0 Å². The summed E-state index contributed by atoms with van der Waals surface area (Å²) in [6.45, 7) is 0. The second-order valence-corrected chi connectivity index (χ2v) is 4.90. The summed E-state index contributed by atoms with van der Waals surface area (Å²) in [5, 5.41) is 5.02. The molecule has 0 aromatic heterocycles. The lowest BCUT2D eigenvalue weighted by molar-refractivity contribution is 0.0397. The topological polar surface area (TPSA) is 21.6 Å². The van der Waals surface area contributed by atoms with Crippen molar-refractivity contribution in [3.05, 3.63) is 34.9 Å². The van der Waals surface area contributed by atoms with Crippen LogP contribution in [0.15, 0.2) is 29.4 Å². The van der Waals surface area contributed by atoms with E-state index in [0.29, 0.717) is 12.0 Å². The molecule has 1 heterocycles. The molecule has 1 aromatic carbocycles. The fourth-order valence-electron chi connectivity index (χ4n) is 2.65. The SMILES string of the molecule is Clc1ccccc1C1=NO[C@H]2CCCC[C@@H]12. The molecule has 0 unspecified atom stereocenters. The molecule has 0 amide bonds. The van der Waals surface area contributed by atoms with Gasteiger partial charge in [-0.25, -0.2) is 0 Å². The van der Waals surface area contributed by atoms with Crippen molar-refractivity contribution in [2.45, 2.75) is 31.8 Å². The first-order valence-electron chi connectivity index (χ1n) is 5.85. The molecule has 3 heteroatoms. The summed E-state index contributed by atoms with van der Waals surface area (Å²) in [6.07, 6.45) is 5.12. The third-order valence-corrected chi connectivity index (χ3v) is 3.82. The second-order valence-electron chi connectivity index (χ2n) is 4.49. The second kappa shape index (κ2) is 4.10. The summed E-state index contributed by atoms with van der Waals surface area (Å²) in [7, 11) is 0. The quantitative estimate of drug-likeness (QED) is 0.728. The molecule has 0 radical (unpaired) electrons. The van der Waals surface area contributed by atoms with Crippen molar-refractivity contribution < 1.29 is 4.84 Å². The summed E-state index contributed by atoms with van der Waals surface area (Å²) in [6, 6.07) is 7.89. The lowest BCUT2D eigenvalue weighted by atomic mass is 9.82. The minimum Gasteiger partial charge on any atom is -0.392 e. The number of benzene rings is 1. The van der Waals surface area contributed by atoms with E-state index >= 15 is 0 Å². The molecule has 2 atom stereocenters. The van der Waals surface area contributed by atoms with Crippen LogP contribution in [0.4, 0.5) is 0 Å². The van der Waals surface area contributed by atoms with Gasteiger partial charge in [0, 0.05) is 16.5 Å². The average Bonchev–Trinajstić information content (AvgIpc) is 2.74. The largest absolute Gasteiger partial charge is 0.392 e. The molecule has 1 saturated carbocycles. The van der Waals surface area contributed by atoms with Gasteiger partial charge in [-0.3, -0.25) is 0 Å². The summed E-state index contributed by atoms with van der Waals surface area (Å²) in [5.41, 5.74) is 2.09. The van der Waals surface area contributed by atoms with Crippen molar-refractivity contribution >= 4 is 17.3 Å². The zero-order valence-corrected chi connectivity index (χ0v) is 9.78. The van der Waals surface area contributed by atoms with Gasteiger partial charge in [-0.05, 0) is 25.3 Å². The van der Waals surface area contributed by atoms with E-state index in [-0.39, 0.29) is 0 Å². The maximum atomic E-state index is 6.20. The number of hydrogen-bond acceptors (Lipinski definition) is 2. The lowest BCUT2D eigenvalue weighted by Gasteiger charge is -2.23. The van der Waals surface area contributed by atoms with Crippen molar-refractivity contribution in [3.63, 3.8) is 0 Å². The predicted molar refractivity (Wildman–Crippen MR) is 64.8 cm³/mol. The first-order chi connectivity index (χ1) is 7.86. The summed E-state index contributed by atoms with van der Waals surface area (Å²) >= 11 is 6.20. The molecule has 16 heavy (non-hydrogen) atoms. The van der Waals surface area contributed by atoms with E-state index in [1.54, 1.807) is 0 Å². The van der Waals surface area contributed by atoms with Crippen molar-refractivity contribution in [3.8, 4) is 0 Å². The van der Waals surface area contributed by atoms with Gasteiger partial charge < -0.3 is 4.84 Å². The molecule has 0 saturated heterocycles. The van der Waals surface area contributed by atoms with Crippen molar-refractivity contribution in [2.75, 3.05) is 0 Å². The Bertz CT molecular complexity index is 430. The Morgan fingerprint density at radius 1 is 1.19 bits per heavy atom. The van der Waals surface area contributed by atoms with Gasteiger partial charge in [0.05, 0.1) is 5.71 Å². The van der Waals surface area contributed by atoms with E-state index in [1.165, 1.54) is 19.3 Å². The highest BCUT2D eigenvalue weighted by Crippen LogP contribution is 2.36. The van der Waals surface area contributed by atoms with Gasteiger partial charge in [0.25, 0.3) is 0 Å². The van der Waals surface area contributed by atoms with Gasteiger partial charge in [0.15, 0.2) is 0 Å². The smallest absolute Gasteiger partial charge is 0.136 e. The fraction of sp³-hybridized carbons (Fsp3) is 0.462. The van der Waals surface area contributed by atoms with Gasteiger partial charge in [-0.1, -0.05) is 41.4 Å². The van der Waals surface area contributed by atoms with Crippen LogP contribution >= 0.6 is 11.6 Å². The third kappa shape index (κ3) is 1.61. The van der Waals surface area contributed by atoms with Crippen LogP contribution in [0.25, 0.3) is 0 Å². The van der Waals surface area contributed by atoms with E-state index in [4.69, 9.17) is 16.4 Å². The van der Waals surface area contributed by atoms with Crippen LogP contribution in [0.3, 0.4) is 0 Å². The Morgan fingerprint density at radius 2 is 2.00 bits per heavy atom. The molecular formula is C13H14ClNO. The number of fused-ring (bicyclic) bond motifs is 1. The maximum absolute atomic E-state index is 6.20. The molecule has 1 aliphatic carbocycles. The number of halogens is 1. The van der Waals surface area contributed by atoms with Crippen LogP contribution in [0.1, 0.15) is 31.2 Å². The average molecular weight is 236 g/mol. The Kier molecular flexibility index (Phi) is 2.60. The van der Waals surface area contributed by atoms with Gasteiger partial charge in [0.2, 0.25) is 0 Å². The van der Waals surface area contributed by atoms with Crippen LogP contribution in [-0.4, -0.2) is 11.8 Å². The Morgan fingerprint density at radius 3 is 2.88 bits per heavy atom. The molecule has 84 valence electrons. The zero-order chi connectivity index (χ0) is 11.0. The molecule has 2 nitrogen and oxygen atoms in total. The molecule has 1 fully saturated rings. The van der Waals surface area contributed by atoms with Crippen LogP contribution in [0.2, 0.25) is 5.02 Å². The first-order valence-corrected chi connectivity index (χ1v) is 6.22. The van der Waals surface area contributed by atoms with Gasteiger partial charge in [0.1, 0.15) is 6.10 Å². The lowest BCUT2D eigenvalue weighted by Crippen LogP contribution is -2.27. The Balaban J connectivity index is 1.93. The number of oxime groups is 1. The van der Waals surface area contributed by atoms with Gasteiger partial charge in [-0.2, -0.15) is 0 Å². The van der Waals surface area contributed by atoms with E-state index in [0.717, 1.165) is 22.7 Å². The maximum Gasteiger partial charge on any atom is 0.136 e. The van der Waals surface area contributed by atoms with E-state index in [2.05, 4.69) is 5.16 Å². The van der Waals surface area contributed by atoms with Crippen molar-refractivity contribution in [1.29, 1.82) is 0 Å². The van der Waals surface area contributed by atoms with Crippen LogP contribution < -0.4 is 0 Å². The third-order valence-electron chi connectivity index (χ3n) is 3.49. The molecule has 1 aliphatic heterocycles. The number of hydrogen-bond donors (Lipinski definition) is 0. The highest BCUT2D eigenvalue weighted by Gasteiger charge is 2.37. The van der Waals surface area contributed by atoms with Crippen LogP contribution in [0, 0.1) is 5.92 Å². The van der Waals surface area contributed by atoms with Crippen molar-refractivity contribution in [2.24, 2.45) is 11.1 Å². The van der Waals surface area contributed by atoms with Crippen molar-refractivity contribution in [1.82, 2.24) is 0 Å². The molecule has 0 N–H and O–H groups in total. The first kappa shape index (κ1) is 10.2. The zero-order valence-electron chi connectivity index (χ0n) is 9.03. The highest BCUT2D eigenvalue weighted by atomic mass is 35.5. The monoisotopic (exact) mass is 235 g/mol. The predicted octanol–water partition coefficient (Wildman–Crippen LogP) is 3.63. The standard InChI is InChI=1S/C13H14ClNO/c14-11-7-3-1-5-9(11)13-10-6-2-4-8-12(10)16-15-13/h1,3,5,7,10,12H,2,4,6,8H2/t10-,12+/m1/s1. The number of nitrogens with zero attached hydrogens (tertiary/aromatic N) is 1. The molecule has 0 bridgehead atoms. The van der Waals surface area contributed by atoms with Crippen LogP contribution in [-0.2, 0) is 4.84 Å². The Labute approximate surface area is 100 Å². The Hall–Kier alpha value is -1.02. The van der Waals surface area contributed by atoms with E-state index in [1.807, 2.05) is 24.3 Å². The summed E-state index contributed by atoms with van der Waals surface area (Å²) in [4.78, 5) is 5.51. The van der Waals surface area contributed by atoms with E-state index in [9.17, 15) is 0 Å². The molecule has 0 spiro atoms. The minimum absolute atomic E-state index is 0.292. The fourth-order valence-corrected chi connectivity index (χ4v) is 2.88. The van der Waals surface area contributed by atoms with Gasteiger partial charge in [-0.15, -0.1) is 0 Å². The molecule has 3 rings (SSSR count). The normalized spacial score (nSPS) is 28.2. The molecular weight excluding hydrogens is 222 g/mol. The highest BCUT2D eigenvalue weighted by molar-refractivity contribution is 6.34.